The fourth-order valence-electron chi connectivity index (χ4n) is 4.17. The maximum absolute atomic E-state index is 12.2. The quantitative estimate of drug-likeness (QED) is 0.777. The fourth-order valence-corrected chi connectivity index (χ4v) is 4.17. The predicted molar refractivity (Wildman–Crippen MR) is 116 cm³/mol. The molecular formula is C22H31N5O3. The van der Waals surface area contributed by atoms with Crippen molar-refractivity contribution in [3.05, 3.63) is 30.2 Å². The number of amides is 1. The molecule has 162 valence electrons. The van der Waals surface area contributed by atoms with E-state index in [1.807, 2.05) is 11.0 Å². The van der Waals surface area contributed by atoms with Crippen molar-refractivity contribution in [2.75, 3.05) is 30.4 Å². The molecular weight excluding hydrogens is 382 g/mol. The van der Waals surface area contributed by atoms with Crippen LogP contribution in [-0.4, -0.2) is 52.3 Å². The van der Waals surface area contributed by atoms with Gasteiger partial charge in [0, 0.05) is 26.8 Å². The molecule has 1 saturated carbocycles. The molecule has 30 heavy (non-hydrogen) atoms. The summed E-state index contributed by atoms with van der Waals surface area (Å²) in [6, 6.07) is 3.68. The third-order valence-corrected chi connectivity index (χ3v) is 5.94. The first kappa shape index (κ1) is 20.7. The molecule has 1 aliphatic carbocycles. The Morgan fingerprint density at radius 2 is 2.00 bits per heavy atom. The molecule has 8 nitrogen and oxygen atoms in total. The van der Waals surface area contributed by atoms with Gasteiger partial charge < -0.3 is 20.1 Å². The highest BCUT2D eigenvalue weighted by Crippen LogP contribution is 2.32. The standard InChI is InChI=1S/C22H29N5O3.H2/c1-22(2,29)18-9-6-15(10-23-18)17-11-24-20-21(25-17)27(13-19(28)26-20)12-14-4-7-16(30-3)8-5-14;/h6,9-11,14,16,29H,4-5,7-8,12-13H2,1-3H3,(H,24,26,28);1H. The summed E-state index contributed by atoms with van der Waals surface area (Å²) >= 11 is 0. The Hall–Kier alpha value is -2.58. The second-order valence-electron chi connectivity index (χ2n) is 8.73. The molecule has 0 radical (unpaired) electrons. The van der Waals surface area contributed by atoms with Crippen LogP contribution in [-0.2, 0) is 15.1 Å². The molecule has 0 spiro atoms. The summed E-state index contributed by atoms with van der Waals surface area (Å²) < 4.78 is 5.48. The summed E-state index contributed by atoms with van der Waals surface area (Å²) in [5, 5.41) is 12.9. The third kappa shape index (κ3) is 4.44. The van der Waals surface area contributed by atoms with Crippen molar-refractivity contribution in [3.63, 3.8) is 0 Å². The van der Waals surface area contributed by atoms with Gasteiger partial charge in [0.15, 0.2) is 11.6 Å². The van der Waals surface area contributed by atoms with Crippen LogP contribution >= 0.6 is 0 Å². The first-order valence-corrected chi connectivity index (χ1v) is 10.5. The zero-order chi connectivity index (χ0) is 21.3. The highest BCUT2D eigenvalue weighted by molar-refractivity contribution is 5.99. The molecule has 0 unspecified atom stereocenters. The normalized spacial score (nSPS) is 21.9. The molecule has 2 aromatic rings. The Morgan fingerprint density at radius 1 is 1.23 bits per heavy atom. The average molecular weight is 414 g/mol. The Bertz CT molecular complexity index is 908. The molecule has 0 atom stereocenters. The second kappa shape index (κ2) is 8.28. The van der Waals surface area contributed by atoms with Gasteiger partial charge in [0.25, 0.3) is 0 Å². The van der Waals surface area contributed by atoms with Crippen LogP contribution in [0.5, 0.6) is 0 Å². The Labute approximate surface area is 178 Å². The van der Waals surface area contributed by atoms with Crippen LogP contribution in [0.3, 0.4) is 0 Å². The number of nitrogens with zero attached hydrogens (tertiary/aromatic N) is 4. The smallest absolute Gasteiger partial charge is 0.245 e. The number of aliphatic hydroxyl groups is 1. The van der Waals surface area contributed by atoms with Gasteiger partial charge in [0.2, 0.25) is 5.91 Å². The Balaban J connectivity index is 0.00000272. The maximum Gasteiger partial charge on any atom is 0.245 e. The predicted octanol–water partition coefficient (Wildman–Crippen LogP) is 2.98. The molecule has 0 bridgehead atoms. The van der Waals surface area contributed by atoms with E-state index in [0.717, 1.165) is 37.8 Å². The lowest BCUT2D eigenvalue weighted by molar-refractivity contribution is -0.115. The van der Waals surface area contributed by atoms with Crippen LogP contribution in [0.2, 0.25) is 0 Å². The highest BCUT2D eigenvalue weighted by Gasteiger charge is 2.29. The van der Waals surface area contributed by atoms with Gasteiger partial charge in [-0.05, 0) is 57.6 Å². The number of carbonyl (C=O) groups is 1. The summed E-state index contributed by atoms with van der Waals surface area (Å²) in [5.74, 6) is 1.65. The van der Waals surface area contributed by atoms with E-state index in [4.69, 9.17) is 9.72 Å². The van der Waals surface area contributed by atoms with Crippen LogP contribution in [0.15, 0.2) is 24.5 Å². The minimum Gasteiger partial charge on any atom is -0.384 e. The van der Waals surface area contributed by atoms with Gasteiger partial charge in [0.05, 0.1) is 30.2 Å². The minimum absolute atomic E-state index is 0. The molecule has 1 amide bonds. The van der Waals surface area contributed by atoms with Gasteiger partial charge in [-0.3, -0.25) is 9.78 Å². The van der Waals surface area contributed by atoms with Crippen molar-refractivity contribution in [1.29, 1.82) is 0 Å². The highest BCUT2D eigenvalue weighted by atomic mass is 16.5. The third-order valence-electron chi connectivity index (χ3n) is 5.94. The van der Waals surface area contributed by atoms with Crippen LogP contribution in [0.1, 0.15) is 46.7 Å². The number of rotatable bonds is 5. The number of nitrogens with one attached hydrogen (secondary N) is 1. The summed E-state index contributed by atoms with van der Waals surface area (Å²) in [4.78, 5) is 27.9. The average Bonchev–Trinajstić information content (AvgIpc) is 2.73. The van der Waals surface area contributed by atoms with Crippen molar-refractivity contribution in [2.45, 2.75) is 51.2 Å². The lowest BCUT2D eigenvalue weighted by Gasteiger charge is -2.35. The van der Waals surface area contributed by atoms with E-state index in [0.29, 0.717) is 35.0 Å². The number of carbonyl (C=O) groups excluding carboxylic acids is 1. The topological polar surface area (TPSA) is 100 Å². The number of aromatic nitrogens is 3. The molecule has 3 heterocycles. The first-order chi connectivity index (χ1) is 14.3. The minimum atomic E-state index is -0.997. The van der Waals surface area contributed by atoms with Gasteiger partial charge in [-0.2, -0.15) is 0 Å². The van der Waals surface area contributed by atoms with Gasteiger partial charge in [-0.15, -0.1) is 0 Å². The lowest BCUT2D eigenvalue weighted by atomic mass is 9.87. The van der Waals surface area contributed by atoms with Crippen molar-refractivity contribution < 1.29 is 16.1 Å². The lowest BCUT2D eigenvalue weighted by Crippen LogP contribution is -2.42. The number of hydrogen-bond acceptors (Lipinski definition) is 7. The van der Waals surface area contributed by atoms with Crippen molar-refractivity contribution in [3.8, 4) is 11.3 Å². The molecule has 2 N–H and O–H groups in total. The molecule has 2 aliphatic rings. The van der Waals surface area contributed by atoms with Crippen LogP contribution in [0.4, 0.5) is 11.6 Å². The molecule has 4 rings (SSSR count). The fraction of sp³-hybridized carbons (Fsp3) is 0.545. The number of methoxy groups -OCH3 is 1. The Kier molecular flexibility index (Phi) is 5.71. The van der Waals surface area contributed by atoms with Crippen LogP contribution < -0.4 is 10.2 Å². The van der Waals surface area contributed by atoms with Gasteiger partial charge in [-0.1, -0.05) is 0 Å². The molecule has 1 aliphatic heterocycles. The zero-order valence-corrected chi connectivity index (χ0v) is 17.8. The summed E-state index contributed by atoms with van der Waals surface area (Å²) in [7, 11) is 1.77. The molecule has 1 fully saturated rings. The number of ether oxygens (including phenoxy) is 1. The van der Waals surface area contributed by atoms with Crippen LogP contribution in [0.25, 0.3) is 11.3 Å². The first-order valence-electron chi connectivity index (χ1n) is 10.5. The van der Waals surface area contributed by atoms with E-state index in [-0.39, 0.29) is 13.9 Å². The van der Waals surface area contributed by atoms with Gasteiger partial charge in [0.1, 0.15) is 5.60 Å². The SMILES string of the molecule is COC1CCC(CN2CC(=O)Nc3ncc(-c4ccc(C(C)(C)O)nc4)nc32)CC1.[HH]. The van der Waals surface area contributed by atoms with E-state index < -0.39 is 5.60 Å². The molecule has 8 heteroatoms. The van der Waals surface area contributed by atoms with Gasteiger partial charge >= 0.3 is 0 Å². The van der Waals surface area contributed by atoms with E-state index in [2.05, 4.69) is 15.3 Å². The van der Waals surface area contributed by atoms with Crippen LogP contribution in [0, 0.1) is 5.92 Å². The van der Waals surface area contributed by atoms with E-state index in [1.165, 1.54) is 0 Å². The molecule has 2 aromatic heterocycles. The number of hydrogen-bond donors (Lipinski definition) is 2. The zero-order valence-electron chi connectivity index (χ0n) is 17.8. The summed E-state index contributed by atoms with van der Waals surface area (Å²) in [6.45, 7) is 4.47. The molecule has 0 saturated heterocycles. The molecule has 0 aromatic carbocycles. The summed E-state index contributed by atoms with van der Waals surface area (Å²) in [6.07, 6.45) is 7.97. The maximum atomic E-state index is 12.2. The second-order valence-corrected chi connectivity index (χ2v) is 8.73. The largest absolute Gasteiger partial charge is 0.384 e. The number of fused-ring (bicyclic) bond motifs is 1. The van der Waals surface area contributed by atoms with E-state index >= 15 is 0 Å². The number of anilines is 2. The summed E-state index contributed by atoms with van der Waals surface area (Å²) in [5.41, 5.74) is 1.10. The van der Waals surface area contributed by atoms with Crippen molar-refractivity contribution in [2.24, 2.45) is 5.92 Å². The monoisotopic (exact) mass is 413 g/mol. The van der Waals surface area contributed by atoms with E-state index in [9.17, 15) is 9.90 Å². The van der Waals surface area contributed by atoms with Crippen molar-refractivity contribution in [1.82, 2.24) is 15.0 Å². The number of pyridine rings is 1. The van der Waals surface area contributed by atoms with Crippen molar-refractivity contribution >= 4 is 17.5 Å². The van der Waals surface area contributed by atoms with Gasteiger partial charge in [-0.25, -0.2) is 9.97 Å². The van der Waals surface area contributed by atoms with E-state index in [1.54, 1.807) is 39.4 Å². The Morgan fingerprint density at radius 3 is 2.63 bits per heavy atom.